The van der Waals surface area contributed by atoms with Crippen LogP contribution in [0.2, 0.25) is 5.28 Å². The summed E-state index contributed by atoms with van der Waals surface area (Å²) in [6, 6.07) is 7.92. The molecule has 1 aliphatic carbocycles. The fraction of sp³-hybridized carbons (Fsp3) is 0.235. The Kier molecular flexibility index (Phi) is 2.62. The van der Waals surface area contributed by atoms with Crippen LogP contribution < -0.4 is 0 Å². The first-order chi connectivity index (χ1) is 12.7. The lowest BCUT2D eigenvalue weighted by Gasteiger charge is -2.07. The Morgan fingerprint density at radius 3 is 2.81 bits per heavy atom. The van der Waals surface area contributed by atoms with Crippen molar-refractivity contribution in [1.82, 2.24) is 39.0 Å². The molecule has 4 aromatic heterocycles. The highest BCUT2D eigenvalue weighted by Gasteiger charge is 2.36. The smallest absolute Gasteiger partial charge is 0.259 e. The van der Waals surface area contributed by atoms with Crippen LogP contribution in [0.4, 0.5) is 0 Å². The Labute approximate surface area is 152 Å². The maximum Gasteiger partial charge on any atom is 0.259 e. The van der Waals surface area contributed by atoms with Crippen LogP contribution in [0.25, 0.3) is 28.1 Å². The molecule has 2 unspecified atom stereocenters. The zero-order valence-corrected chi connectivity index (χ0v) is 14.5. The summed E-state index contributed by atoms with van der Waals surface area (Å²) >= 11 is 6.35. The molecule has 8 nitrogen and oxygen atoms in total. The number of hydrogen-bond donors (Lipinski definition) is 0. The Balaban J connectivity index is 1.69. The number of fused-ring (bicyclic) bond motifs is 6. The minimum Gasteiger partial charge on any atom is -0.268 e. The SMILES string of the molecule is CC1CC1c1cn(-c2nnc3c4ccccc4n4c(Cl)ncc4n23)nn1. The van der Waals surface area contributed by atoms with Crippen molar-refractivity contribution in [2.75, 3.05) is 0 Å². The largest absolute Gasteiger partial charge is 0.268 e. The number of benzene rings is 1. The van der Waals surface area contributed by atoms with Crippen molar-refractivity contribution < 1.29 is 0 Å². The molecule has 128 valence electrons. The van der Waals surface area contributed by atoms with Gasteiger partial charge in [0.05, 0.1) is 23.6 Å². The molecule has 26 heavy (non-hydrogen) atoms. The second kappa shape index (κ2) is 4.79. The molecule has 0 bridgehead atoms. The summed E-state index contributed by atoms with van der Waals surface area (Å²) in [6.45, 7) is 2.22. The first kappa shape index (κ1) is 14.2. The molecule has 0 saturated heterocycles. The van der Waals surface area contributed by atoms with Gasteiger partial charge in [-0.15, -0.1) is 15.3 Å². The minimum atomic E-state index is 0.392. The highest BCUT2D eigenvalue weighted by molar-refractivity contribution is 6.29. The van der Waals surface area contributed by atoms with Gasteiger partial charge in [0, 0.05) is 11.3 Å². The second-order valence-corrected chi connectivity index (χ2v) is 7.14. The van der Waals surface area contributed by atoms with Crippen LogP contribution in [0.5, 0.6) is 0 Å². The van der Waals surface area contributed by atoms with E-state index in [1.54, 1.807) is 10.9 Å². The summed E-state index contributed by atoms with van der Waals surface area (Å²) in [7, 11) is 0. The molecule has 6 rings (SSSR count). The zero-order chi connectivity index (χ0) is 17.4. The number of imidazole rings is 1. The van der Waals surface area contributed by atoms with E-state index in [2.05, 4.69) is 32.4 Å². The van der Waals surface area contributed by atoms with Gasteiger partial charge in [0.1, 0.15) is 5.65 Å². The molecule has 1 fully saturated rings. The molecule has 0 aliphatic heterocycles. The zero-order valence-electron chi connectivity index (χ0n) is 13.8. The van der Waals surface area contributed by atoms with Crippen LogP contribution in [0.3, 0.4) is 0 Å². The highest BCUT2D eigenvalue weighted by atomic mass is 35.5. The molecule has 1 aromatic carbocycles. The van der Waals surface area contributed by atoms with Crippen molar-refractivity contribution in [2.45, 2.75) is 19.3 Å². The van der Waals surface area contributed by atoms with Gasteiger partial charge in [-0.25, -0.2) is 9.38 Å². The Hall–Kier alpha value is -3.00. The van der Waals surface area contributed by atoms with E-state index in [9.17, 15) is 0 Å². The van der Waals surface area contributed by atoms with Gasteiger partial charge in [-0.2, -0.15) is 4.68 Å². The fourth-order valence-corrected chi connectivity index (χ4v) is 3.87. The maximum atomic E-state index is 6.35. The average molecular weight is 365 g/mol. The van der Waals surface area contributed by atoms with Crippen molar-refractivity contribution in [1.29, 1.82) is 0 Å². The van der Waals surface area contributed by atoms with Gasteiger partial charge >= 0.3 is 0 Å². The molecular weight excluding hydrogens is 352 g/mol. The number of nitrogens with zero attached hydrogens (tertiary/aromatic N) is 8. The number of hydrogen-bond acceptors (Lipinski definition) is 5. The Morgan fingerprint density at radius 2 is 1.96 bits per heavy atom. The monoisotopic (exact) mass is 364 g/mol. The Bertz CT molecular complexity index is 1310. The number of para-hydroxylation sites is 1. The fourth-order valence-electron chi connectivity index (χ4n) is 3.65. The average Bonchev–Trinajstić information content (AvgIpc) is 3.05. The summed E-state index contributed by atoms with van der Waals surface area (Å²) in [4.78, 5) is 4.27. The van der Waals surface area contributed by atoms with Gasteiger partial charge in [-0.3, -0.25) is 4.40 Å². The molecular formula is C17H13ClN8. The normalized spacial score (nSPS) is 19.8. The van der Waals surface area contributed by atoms with Gasteiger partial charge in [-0.1, -0.05) is 24.3 Å². The molecule has 9 heteroatoms. The standard InChI is InChI=1S/C17H13ClN8/c1-9-6-11(9)12-8-24(23-20-12)17-22-21-15-10-4-2-3-5-13(10)25-14(26(15)17)7-19-16(25)18/h2-5,7-9,11H,6H2,1H3. The van der Waals surface area contributed by atoms with Crippen molar-refractivity contribution in [3.63, 3.8) is 0 Å². The van der Waals surface area contributed by atoms with Gasteiger partial charge < -0.3 is 0 Å². The summed E-state index contributed by atoms with van der Waals surface area (Å²) in [5, 5.41) is 18.7. The van der Waals surface area contributed by atoms with E-state index in [0.717, 1.165) is 34.3 Å². The third kappa shape index (κ3) is 1.76. The van der Waals surface area contributed by atoms with E-state index in [-0.39, 0.29) is 0 Å². The first-order valence-corrected chi connectivity index (χ1v) is 8.81. The van der Waals surface area contributed by atoms with E-state index in [4.69, 9.17) is 11.6 Å². The highest BCUT2D eigenvalue weighted by Crippen LogP contribution is 2.45. The van der Waals surface area contributed by atoms with Gasteiger partial charge in [0.25, 0.3) is 5.95 Å². The third-order valence-electron chi connectivity index (χ3n) is 5.17. The molecule has 0 amide bonds. The minimum absolute atomic E-state index is 0.392. The number of aromatic nitrogens is 8. The number of halogens is 1. The predicted octanol–water partition coefficient (Wildman–Crippen LogP) is 2.89. The lowest BCUT2D eigenvalue weighted by atomic mass is 10.2. The van der Waals surface area contributed by atoms with Crippen LogP contribution in [-0.2, 0) is 0 Å². The molecule has 1 aliphatic rings. The van der Waals surface area contributed by atoms with Crippen molar-refractivity contribution >= 4 is 33.8 Å². The second-order valence-electron chi connectivity index (χ2n) is 6.80. The molecule has 0 spiro atoms. The van der Waals surface area contributed by atoms with Crippen LogP contribution >= 0.6 is 11.6 Å². The maximum absolute atomic E-state index is 6.35. The van der Waals surface area contributed by atoms with Gasteiger partial charge in [-0.05, 0) is 36.1 Å². The summed E-state index contributed by atoms with van der Waals surface area (Å²) in [5.74, 6) is 1.73. The summed E-state index contributed by atoms with van der Waals surface area (Å²) in [6.07, 6.45) is 4.82. The summed E-state index contributed by atoms with van der Waals surface area (Å²) in [5.41, 5.74) is 3.44. The van der Waals surface area contributed by atoms with Crippen LogP contribution in [-0.4, -0.2) is 39.0 Å². The lowest BCUT2D eigenvalue weighted by Crippen LogP contribution is -2.05. The molecule has 0 radical (unpaired) electrons. The van der Waals surface area contributed by atoms with E-state index in [0.29, 0.717) is 23.1 Å². The Morgan fingerprint density at radius 1 is 1.12 bits per heavy atom. The van der Waals surface area contributed by atoms with E-state index < -0.39 is 0 Å². The van der Waals surface area contributed by atoms with Crippen molar-refractivity contribution in [3.05, 3.63) is 47.6 Å². The molecule has 4 heterocycles. The van der Waals surface area contributed by atoms with Crippen LogP contribution in [0.1, 0.15) is 25.0 Å². The van der Waals surface area contributed by atoms with E-state index in [1.807, 2.05) is 39.3 Å². The molecule has 0 N–H and O–H groups in total. The van der Waals surface area contributed by atoms with Gasteiger partial charge in [0.15, 0.2) is 5.65 Å². The van der Waals surface area contributed by atoms with Crippen molar-refractivity contribution in [3.8, 4) is 5.95 Å². The number of rotatable bonds is 2. The van der Waals surface area contributed by atoms with E-state index >= 15 is 0 Å². The first-order valence-electron chi connectivity index (χ1n) is 8.44. The predicted molar refractivity (Wildman–Crippen MR) is 95.7 cm³/mol. The van der Waals surface area contributed by atoms with Gasteiger partial charge in [0.2, 0.25) is 5.28 Å². The molecule has 1 saturated carbocycles. The van der Waals surface area contributed by atoms with Crippen LogP contribution in [0.15, 0.2) is 36.7 Å². The van der Waals surface area contributed by atoms with E-state index in [1.165, 1.54) is 0 Å². The molecule has 2 atom stereocenters. The third-order valence-corrected chi connectivity index (χ3v) is 5.43. The topological polar surface area (TPSA) is 78.2 Å². The van der Waals surface area contributed by atoms with Crippen LogP contribution in [0, 0.1) is 5.92 Å². The summed E-state index contributed by atoms with van der Waals surface area (Å²) < 4.78 is 5.48. The quantitative estimate of drug-likeness (QED) is 0.481. The van der Waals surface area contributed by atoms with Crippen molar-refractivity contribution in [2.24, 2.45) is 5.92 Å². The lowest BCUT2D eigenvalue weighted by molar-refractivity contribution is 0.745. The molecule has 5 aromatic rings.